The number of nitrogens with one attached hydrogen (secondary N) is 1. The molecule has 1 amide bonds. The van der Waals surface area contributed by atoms with Crippen molar-refractivity contribution in [2.45, 2.75) is 6.04 Å². The Bertz CT molecular complexity index is 1270. The molecule has 1 aliphatic rings. The summed E-state index contributed by atoms with van der Waals surface area (Å²) in [5.74, 6) is 0.377. The van der Waals surface area contributed by atoms with Crippen molar-refractivity contribution in [1.29, 1.82) is 0 Å². The first-order valence-corrected chi connectivity index (χ1v) is 9.71. The summed E-state index contributed by atoms with van der Waals surface area (Å²) in [6.07, 6.45) is 6.71. The van der Waals surface area contributed by atoms with Crippen molar-refractivity contribution in [3.8, 4) is 11.3 Å². The van der Waals surface area contributed by atoms with E-state index in [-0.39, 0.29) is 11.9 Å². The van der Waals surface area contributed by atoms with E-state index in [0.29, 0.717) is 22.6 Å². The number of pyridine rings is 2. The van der Waals surface area contributed by atoms with Crippen molar-refractivity contribution in [1.82, 2.24) is 19.9 Å². The Kier molecular flexibility index (Phi) is 4.72. The number of nitrogens with zero attached hydrogens (tertiary/aromatic N) is 5. The van der Waals surface area contributed by atoms with Gasteiger partial charge in [0.25, 0.3) is 5.91 Å². The molecule has 0 unspecified atom stereocenters. The number of amides is 1. The minimum atomic E-state index is -0.400. The molecule has 0 saturated carbocycles. The van der Waals surface area contributed by atoms with Crippen LogP contribution in [-0.4, -0.2) is 45.0 Å². The zero-order chi connectivity index (χ0) is 21.4. The van der Waals surface area contributed by atoms with Crippen LogP contribution in [0.25, 0.3) is 22.2 Å². The molecule has 0 spiro atoms. The van der Waals surface area contributed by atoms with Gasteiger partial charge in [0.2, 0.25) is 0 Å². The lowest BCUT2D eigenvalue weighted by Crippen LogP contribution is -2.56. The summed E-state index contributed by atoms with van der Waals surface area (Å²) < 4.78 is 13.1. The van der Waals surface area contributed by atoms with E-state index >= 15 is 0 Å². The Morgan fingerprint density at radius 3 is 2.65 bits per heavy atom. The van der Waals surface area contributed by atoms with E-state index in [0.717, 1.165) is 29.9 Å². The van der Waals surface area contributed by atoms with Crippen LogP contribution in [0.5, 0.6) is 0 Å². The third kappa shape index (κ3) is 3.90. The Labute approximate surface area is 177 Å². The van der Waals surface area contributed by atoms with Crippen molar-refractivity contribution in [2.24, 2.45) is 5.73 Å². The summed E-state index contributed by atoms with van der Waals surface area (Å²) in [6, 6.07) is 9.14. The third-order valence-electron chi connectivity index (χ3n) is 5.07. The predicted octanol–water partition coefficient (Wildman–Crippen LogP) is 2.63. The number of hydrogen-bond donors (Lipinski definition) is 2. The largest absolute Gasteiger partial charge is 0.352 e. The monoisotopic (exact) mass is 415 g/mol. The van der Waals surface area contributed by atoms with E-state index < -0.39 is 5.82 Å². The van der Waals surface area contributed by atoms with E-state index in [1.54, 1.807) is 30.9 Å². The molecular formula is C22H18FN7O. The standard InChI is InChI=1S/C22H18FN7O/c23-16-3-1-13(2-4-16)22(31)29-20-6-14-5-15(7-26-18(14)9-27-20)19-8-25-10-21(28-19)30-11-17(24)12-30/h1-10,17H,11-12,24H2,(H,27,29,31). The molecule has 0 aliphatic carbocycles. The van der Waals surface area contributed by atoms with Gasteiger partial charge in [-0.05, 0) is 36.4 Å². The van der Waals surface area contributed by atoms with Gasteiger partial charge in [-0.15, -0.1) is 0 Å². The Hall–Kier alpha value is -3.98. The summed E-state index contributed by atoms with van der Waals surface area (Å²) in [4.78, 5) is 32.1. The van der Waals surface area contributed by atoms with Gasteiger partial charge in [-0.25, -0.2) is 14.4 Å². The molecule has 4 heterocycles. The highest BCUT2D eigenvalue weighted by Crippen LogP contribution is 2.25. The first kappa shape index (κ1) is 19.0. The van der Waals surface area contributed by atoms with Gasteiger partial charge in [0, 0.05) is 41.8 Å². The second-order valence-corrected chi connectivity index (χ2v) is 7.37. The SMILES string of the molecule is NC1CN(c2cncc(-c3cnc4cnc(NC(=O)c5ccc(F)cc5)cc4c3)n2)C1. The highest BCUT2D eigenvalue weighted by Gasteiger charge is 2.24. The van der Waals surface area contributed by atoms with Crippen LogP contribution >= 0.6 is 0 Å². The molecular weight excluding hydrogens is 397 g/mol. The minimum absolute atomic E-state index is 0.170. The lowest BCUT2D eigenvalue weighted by molar-refractivity contribution is 0.102. The molecule has 9 heteroatoms. The highest BCUT2D eigenvalue weighted by molar-refractivity contribution is 6.04. The zero-order valence-corrected chi connectivity index (χ0v) is 16.4. The van der Waals surface area contributed by atoms with E-state index in [1.165, 1.54) is 24.3 Å². The molecule has 3 N–H and O–H groups in total. The van der Waals surface area contributed by atoms with Crippen LogP contribution < -0.4 is 16.0 Å². The maximum Gasteiger partial charge on any atom is 0.256 e. The first-order chi connectivity index (χ1) is 15.0. The fourth-order valence-electron chi connectivity index (χ4n) is 3.38. The van der Waals surface area contributed by atoms with Crippen molar-refractivity contribution < 1.29 is 9.18 Å². The maximum atomic E-state index is 13.1. The van der Waals surface area contributed by atoms with Crippen LogP contribution in [-0.2, 0) is 0 Å². The van der Waals surface area contributed by atoms with Crippen molar-refractivity contribution in [3.63, 3.8) is 0 Å². The average molecular weight is 415 g/mol. The molecule has 0 bridgehead atoms. The third-order valence-corrected chi connectivity index (χ3v) is 5.07. The predicted molar refractivity (Wildman–Crippen MR) is 115 cm³/mol. The van der Waals surface area contributed by atoms with Gasteiger partial charge in [0.1, 0.15) is 17.5 Å². The Balaban J connectivity index is 1.41. The van der Waals surface area contributed by atoms with Crippen LogP contribution in [0.3, 0.4) is 0 Å². The molecule has 5 rings (SSSR count). The van der Waals surface area contributed by atoms with Gasteiger partial charge in [0.15, 0.2) is 0 Å². The fraction of sp³-hybridized carbons (Fsp3) is 0.136. The molecule has 8 nitrogen and oxygen atoms in total. The first-order valence-electron chi connectivity index (χ1n) is 9.71. The zero-order valence-electron chi connectivity index (χ0n) is 16.4. The molecule has 31 heavy (non-hydrogen) atoms. The van der Waals surface area contributed by atoms with Gasteiger partial charge in [-0.2, -0.15) is 0 Å². The van der Waals surface area contributed by atoms with Crippen LogP contribution in [0.4, 0.5) is 16.0 Å². The number of hydrogen-bond acceptors (Lipinski definition) is 7. The van der Waals surface area contributed by atoms with E-state index in [4.69, 9.17) is 5.73 Å². The summed E-state index contributed by atoms with van der Waals surface area (Å²) in [7, 11) is 0. The van der Waals surface area contributed by atoms with Crippen LogP contribution in [0.2, 0.25) is 0 Å². The number of halogens is 1. The number of fused-ring (bicyclic) bond motifs is 1. The highest BCUT2D eigenvalue weighted by atomic mass is 19.1. The normalized spacial score (nSPS) is 13.8. The molecule has 0 atom stereocenters. The molecule has 1 fully saturated rings. The number of aromatic nitrogens is 4. The molecule has 1 aliphatic heterocycles. The molecule has 1 aromatic carbocycles. The molecule has 0 radical (unpaired) electrons. The second kappa shape index (κ2) is 7.69. The summed E-state index contributed by atoms with van der Waals surface area (Å²) >= 11 is 0. The second-order valence-electron chi connectivity index (χ2n) is 7.37. The number of nitrogens with two attached hydrogens (primary N) is 1. The molecule has 1 saturated heterocycles. The van der Waals surface area contributed by atoms with Gasteiger partial charge >= 0.3 is 0 Å². The van der Waals surface area contributed by atoms with E-state index in [9.17, 15) is 9.18 Å². The van der Waals surface area contributed by atoms with Gasteiger partial charge < -0.3 is 16.0 Å². The maximum absolute atomic E-state index is 13.1. The minimum Gasteiger partial charge on any atom is -0.352 e. The molecule has 154 valence electrons. The molecule has 3 aromatic heterocycles. The average Bonchev–Trinajstić information content (AvgIpc) is 2.77. The lowest BCUT2D eigenvalue weighted by atomic mass is 10.1. The summed E-state index contributed by atoms with van der Waals surface area (Å²) in [5.41, 5.74) is 8.38. The van der Waals surface area contributed by atoms with Gasteiger partial charge in [0.05, 0.1) is 29.8 Å². The van der Waals surface area contributed by atoms with Gasteiger partial charge in [-0.1, -0.05) is 0 Å². The number of rotatable bonds is 4. The lowest BCUT2D eigenvalue weighted by Gasteiger charge is -2.37. The topological polar surface area (TPSA) is 110 Å². The number of carbonyl (C=O) groups excluding carboxylic acids is 1. The van der Waals surface area contributed by atoms with Crippen molar-refractivity contribution in [2.75, 3.05) is 23.3 Å². The smallest absolute Gasteiger partial charge is 0.256 e. The molecule has 4 aromatic rings. The summed E-state index contributed by atoms with van der Waals surface area (Å²) in [5, 5.41) is 3.52. The quantitative estimate of drug-likeness (QED) is 0.527. The van der Waals surface area contributed by atoms with Crippen molar-refractivity contribution >= 4 is 28.4 Å². The van der Waals surface area contributed by atoms with Crippen LogP contribution in [0, 0.1) is 5.82 Å². The summed E-state index contributed by atoms with van der Waals surface area (Å²) in [6.45, 7) is 1.52. The number of benzene rings is 1. The van der Waals surface area contributed by atoms with Gasteiger partial charge in [-0.3, -0.25) is 14.8 Å². The Morgan fingerprint density at radius 1 is 1.06 bits per heavy atom. The Morgan fingerprint density at radius 2 is 1.87 bits per heavy atom. The van der Waals surface area contributed by atoms with Crippen LogP contribution in [0.1, 0.15) is 10.4 Å². The van der Waals surface area contributed by atoms with Crippen molar-refractivity contribution in [3.05, 3.63) is 72.6 Å². The van der Waals surface area contributed by atoms with E-state index in [2.05, 4.69) is 30.2 Å². The number of carbonyl (C=O) groups is 1. The van der Waals surface area contributed by atoms with Crippen LogP contribution in [0.15, 0.2) is 61.2 Å². The number of anilines is 2. The fourth-order valence-corrected chi connectivity index (χ4v) is 3.38. The van der Waals surface area contributed by atoms with E-state index in [1.807, 2.05) is 6.07 Å².